The Hall–Kier alpha value is -1.66. The van der Waals surface area contributed by atoms with Gasteiger partial charge in [0.25, 0.3) is 5.96 Å². The summed E-state index contributed by atoms with van der Waals surface area (Å²) in [5.74, 6) is 0.287. The quantitative estimate of drug-likeness (QED) is 0.390. The number of hydrazone groups is 1. The van der Waals surface area contributed by atoms with Gasteiger partial charge in [0.05, 0.1) is 6.34 Å². The minimum Gasteiger partial charge on any atom is -0.321 e. The van der Waals surface area contributed by atoms with Crippen LogP contribution in [0.25, 0.3) is 0 Å². The molecule has 0 spiro atoms. The van der Waals surface area contributed by atoms with Crippen molar-refractivity contribution in [2.75, 3.05) is 20.8 Å². The van der Waals surface area contributed by atoms with Gasteiger partial charge in [-0.05, 0) is 0 Å². The van der Waals surface area contributed by atoms with Gasteiger partial charge < -0.3 is 9.80 Å². The monoisotopic (exact) mass is 171 g/mol. The van der Waals surface area contributed by atoms with E-state index in [1.165, 1.54) is 11.2 Å². The molecule has 0 unspecified atom stereocenters. The molecule has 7 heteroatoms. The van der Waals surface area contributed by atoms with Gasteiger partial charge in [0.15, 0.2) is 5.03 Å². The van der Waals surface area contributed by atoms with E-state index in [0.29, 0.717) is 6.67 Å². The van der Waals surface area contributed by atoms with Gasteiger partial charge in [-0.1, -0.05) is 0 Å². The van der Waals surface area contributed by atoms with Gasteiger partial charge in [-0.3, -0.25) is 4.99 Å². The van der Waals surface area contributed by atoms with Crippen molar-refractivity contribution >= 4 is 12.3 Å². The van der Waals surface area contributed by atoms with Gasteiger partial charge in [-0.25, -0.2) is 10.1 Å². The van der Waals surface area contributed by atoms with Gasteiger partial charge in [0.2, 0.25) is 0 Å². The third-order valence-corrected chi connectivity index (χ3v) is 1.38. The first-order valence-electron chi connectivity index (χ1n) is 3.28. The van der Waals surface area contributed by atoms with Crippen molar-refractivity contribution in [3.8, 4) is 0 Å². The Morgan fingerprint density at radius 1 is 1.75 bits per heavy atom. The lowest BCUT2D eigenvalue weighted by Crippen LogP contribution is -2.43. The zero-order valence-electron chi connectivity index (χ0n) is 6.84. The summed E-state index contributed by atoms with van der Waals surface area (Å²) in [7, 11) is 3.34. The second kappa shape index (κ2) is 3.16. The second-order valence-corrected chi connectivity index (χ2v) is 2.39. The van der Waals surface area contributed by atoms with Crippen LogP contribution in [0.5, 0.6) is 0 Å². The zero-order valence-corrected chi connectivity index (χ0v) is 6.84. The molecular weight excluding hydrogens is 162 g/mol. The van der Waals surface area contributed by atoms with E-state index in [4.69, 9.17) is 0 Å². The highest BCUT2D eigenvalue weighted by atomic mass is 16.7. The summed E-state index contributed by atoms with van der Waals surface area (Å²) in [5, 5.41) is 12.6. The highest BCUT2D eigenvalue weighted by Gasteiger charge is 2.17. The summed E-state index contributed by atoms with van der Waals surface area (Å²) >= 11 is 0. The van der Waals surface area contributed by atoms with Crippen LogP contribution in [-0.4, -0.2) is 47.9 Å². The van der Waals surface area contributed by atoms with Crippen LogP contribution in [0, 0.1) is 10.1 Å². The number of nitrogens with zero attached hydrogens (tertiary/aromatic N) is 5. The molecule has 0 aromatic carbocycles. The Kier molecular flexibility index (Phi) is 2.22. The first-order valence-corrected chi connectivity index (χ1v) is 3.28. The average molecular weight is 171 g/mol. The molecule has 0 saturated heterocycles. The molecule has 0 N–H and O–H groups in total. The van der Waals surface area contributed by atoms with Crippen molar-refractivity contribution in [1.29, 1.82) is 0 Å². The summed E-state index contributed by atoms with van der Waals surface area (Å²) in [5.41, 5.74) is 0. The third kappa shape index (κ3) is 1.68. The summed E-state index contributed by atoms with van der Waals surface area (Å²) in [6.45, 7) is 0.400. The number of guanidine groups is 1. The molecule has 0 radical (unpaired) electrons. The Morgan fingerprint density at radius 2 is 2.42 bits per heavy atom. The maximum absolute atomic E-state index is 10.1. The molecule has 0 aliphatic carbocycles. The van der Waals surface area contributed by atoms with Crippen molar-refractivity contribution < 1.29 is 5.03 Å². The summed E-state index contributed by atoms with van der Waals surface area (Å²) < 4.78 is 0. The number of nitro groups is 1. The summed E-state index contributed by atoms with van der Waals surface area (Å²) in [6, 6.07) is 0. The molecular formula is C5H9N5O2. The first kappa shape index (κ1) is 8.44. The fourth-order valence-electron chi connectivity index (χ4n) is 0.886. The topological polar surface area (TPSA) is 74.3 Å². The molecule has 0 atom stereocenters. The van der Waals surface area contributed by atoms with E-state index in [-0.39, 0.29) is 5.96 Å². The zero-order chi connectivity index (χ0) is 9.14. The van der Waals surface area contributed by atoms with E-state index < -0.39 is 5.03 Å². The van der Waals surface area contributed by atoms with E-state index >= 15 is 0 Å². The average Bonchev–Trinajstić information content (AvgIpc) is 1.97. The predicted molar refractivity (Wildman–Crippen MR) is 43.3 cm³/mol. The van der Waals surface area contributed by atoms with Crippen molar-refractivity contribution in [2.24, 2.45) is 10.1 Å². The number of hydrogen-bond donors (Lipinski definition) is 0. The van der Waals surface area contributed by atoms with Gasteiger partial charge in [-0.2, -0.15) is 0 Å². The molecule has 1 rings (SSSR count). The van der Waals surface area contributed by atoms with Crippen molar-refractivity contribution in [3.05, 3.63) is 10.1 Å². The molecule has 1 heterocycles. The molecule has 0 saturated carbocycles. The number of aliphatic imine (C=N–C) groups is 1. The van der Waals surface area contributed by atoms with Crippen molar-refractivity contribution in [3.63, 3.8) is 0 Å². The van der Waals surface area contributed by atoms with Gasteiger partial charge in [0.1, 0.15) is 11.8 Å². The summed E-state index contributed by atoms with van der Waals surface area (Å²) in [4.78, 5) is 17.1. The molecule has 66 valence electrons. The van der Waals surface area contributed by atoms with Crippen LogP contribution in [-0.2, 0) is 0 Å². The van der Waals surface area contributed by atoms with Crippen LogP contribution in [0.3, 0.4) is 0 Å². The molecule has 1 aliphatic heterocycles. The van der Waals surface area contributed by atoms with E-state index in [0.717, 1.165) is 0 Å². The first-order chi connectivity index (χ1) is 5.61. The van der Waals surface area contributed by atoms with E-state index in [2.05, 4.69) is 10.1 Å². The fourth-order valence-corrected chi connectivity index (χ4v) is 0.886. The lowest BCUT2D eigenvalue weighted by Gasteiger charge is -2.25. The number of hydrogen-bond acceptors (Lipinski definition) is 3. The van der Waals surface area contributed by atoms with Gasteiger partial charge in [0, 0.05) is 14.1 Å². The lowest BCUT2D eigenvalue weighted by molar-refractivity contribution is -0.486. The Bertz CT molecular complexity index is 248. The highest BCUT2D eigenvalue weighted by Crippen LogP contribution is 1.98. The Labute approximate surface area is 69.1 Å². The fraction of sp³-hybridized carbons (Fsp3) is 0.600. The van der Waals surface area contributed by atoms with Gasteiger partial charge in [-0.15, -0.1) is 0 Å². The second-order valence-electron chi connectivity index (χ2n) is 2.39. The smallest absolute Gasteiger partial charge is 0.280 e. The van der Waals surface area contributed by atoms with Gasteiger partial charge >= 0.3 is 0 Å². The van der Waals surface area contributed by atoms with Crippen LogP contribution in [0.1, 0.15) is 0 Å². The molecule has 0 fully saturated rings. The van der Waals surface area contributed by atoms with Crippen molar-refractivity contribution in [1.82, 2.24) is 9.80 Å². The van der Waals surface area contributed by atoms with E-state index in [1.807, 2.05) is 0 Å². The molecule has 12 heavy (non-hydrogen) atoms. The molecule has 7 nitrogen and oxygen atoms in total. The molecule has 0 aromatic heterocycles. The SMILES string of the molecule is CN1C=NCN(C)/C1=N\[N+](=O)[O-]. The standard InChI is InChI=1S/C5H9N5O2/c1-8-3-6-4-9(2)5(8)7-10(11)12/h3H,4H2,1-2H3/b7-5-. The van der Waals surface area contributed by atoms with Crippen LogP contribution in [0.15, 0.2) is 10.1 Å². The predicted octanol–water partition coefficient (Wildman–Crippen LogP) is -0.603. The van der Waals surface area contributed by atoms with E-state index in [9.17, 15) is 10.1 Å². The molecule has 0 bridgehead atoms. The highest BCUT2D eigenvalue weighted by molar-refractivity contribution is 5.90. The Morgan fingerprint density at radius 3 is 2.92 bits per heavy atom. The van der Waals surface area contributed by atoms with Crippen LogP contribution in [0.4, 0.5) is 0 Å². The third-order valence-electron chi connectivity index (χ3n) is 1.38. The molecule has 1 aliphatic rings. The Balaban J connectivity index is 2.86. The van der Waals surface area contributed by atoms with Crippen LogP contribution >= 0.6 is 0 Å². The van der Waals surface area contributed by atoms with Crippen molar-refractivity contribution in [2.45, 2.75) is 0 Å². The maximum atomic E-state index is 10.1. The maximum Gasteiger partial charge on any atom is 0.280 e. The largest absolute Gasteiger partial charge is 0.321 e. The molecule has 0 amide bonds. The minimum absolute atomic E-state index is 0.287. The molecule has 0 aromatic rings. The number of rotatable bonds is 1. The summed E-state index contributed by atoms with van der Waals surface area (Å²) in [6.07, 6.45) is 1.50. The lowest BCUT2D eigenvalue weighted by atomic mass is 10.6. The van der Waals surface area contributed by atoms with Crippen LogP contribution in [0.2, 0.25) is 0 Å². The normalized spacial score (nSPS) is 20.3. The minimum atomic E-state index is -0.721. The van der Waals surface area contributed by atoms with Crippen LogP contribution < -0.4 is 0 Å². The van der Waals surface area contributed by atoms with E-state index in [1.54, 1.807) is 19.0 Å².